The van der Waals surface area contributed by atoms with Crippen molar-refractivity contribution in [1.29, 1.82) is 0 Å². The minimum Gasteiger partial charge on any atom is -0.298 e. The number of aryl methyl sites for hydroxylation is 1. The molecule has 0 unspecified atom stereocenters. The number of anilines is 1. The van der Waals surface area contributed by atoms with Crippen molar-refractivity contribution in [3.8, 4) is 0 Å². The van der Waals surface area contributed by atoms with Gasteiger partial charge in [0.05, 0.1) is 5.69 Å². The molecule has 0 atom stereocenters. The van der Waals surface area contributed by atoms with Gasteiger partial charge < -0.3 is 0 Å². The second-order valence-corrected chi connectivity index (χ2v) is 7.15. The Morgan fingerprint density at radius 2 is 1.91 bits per heavy atom. The second-order valence-electron chi connectivity index (χ2n) is 4.90. The summed E-state index contributed by atoms with van der Waals surface area (Å²) in [7, 11) is 0. The van der Waals surface area contributed by atoms with E-state index in [0.29, 0.717) is 5.69 Å². The Kier molecular flexibility index (Phi) is 4.43. The third kappa shape index (κ3) is 3.12. The topological polar surface area (TPSA) is 49.4 Å². The van der Waals surface area contributed by atoms with E-state index in [1.165, 1.54) is 16.2 Å². The molecule has 1 aliphatic rings. The summed E-state index contributed by atoms with van der Waals surface area (Å²) in [5, 5.41) is 4.58. The molecule has 116 valence electrons. The van der Waals surface area contributed by atoms with Crippen molar-refractivity contribution in [2.45, 2.75) is 6.92 Å². The molecule has 1 saturated heterocycles. The maximum atomic E-state index is 12.8. The first-order valence-corrected chi connectivity index (χ1v) is 8.76. The predicted octanol–water partition coefficient (Wildman–Crippen LogP) is 3.65. The summed E-state index contributed by atoms with van der Waals surface area (Å²) < 4.78 is 0.894. The highest BCUT2D eigenvalue weighted by Gasteiger charge is 2.34. The van der Waals surface area contributed by atoms with Crippen LogP contribution in [-0.2, 0) is 9.59 Å². The number of carbonyl (C=O) groups is 2. The Balaban J connectivity index is 2.02. The lowest BCUT2D eigenvalue weighted by Gasteiger charge is -2.28. The van der Waals surface area contributed by atoms with Gasteiger partial charge in [-0.25, -0.2) is 0 Å². The molecule has 1 aromatic carbocycles. The fourth-order valence-electron chi connectivity index (χ4n) is 2.15. The number of hydrogen-bond acceptors (Lipinski definition) is 4. The van der Waals surface area contributed by atoms with Crippen molar-refractivity contribution >= 4 is 68.2 Å². The van der Waals surface area contributed by atoms with Gasteiger partial charge in [-0.15, -0.1) is 11.3 Å². The van der Waals surface area contributed by atoms with Crippen molar-refractivity contribution in [1.82, 2.24) is 5.32 Å². The van der Waals surface area contributed by atoms with Crippen molar-refractivity contribution in [3.05, 3.63) is 56.2 Å². The maximum absolute atomic E-state index is 12.8. The van der Waals surface area contributed by atoms with Crippen molar-refractivity contribution < 1.29 is 9.59 Å². The van der Waals surface area contributed by atoms with Gasteiger partial charge in [0.2, 0.25) is 0 Å². The number of nitrogens with one attached hydrogen (secondary N) is 1. The summed E-state index contributed by atoms with van der Waals surface area (Å²) in [4.78, 5) is 27.2. The molecule has 3 rings (SSSR count). The average Bonchev–Trinajstić information content (AvgIpc) is 2.90. The molecule has 4 nitrogen and oxygen atoms in total. The summed E-state index contributed by atoms with van der Waals surface area (Å²) in [5.41, 5.74) is 1.70. The molecule has 0 spiro atoms. The van der Waals surface area contributed by atoms with Crippen LogP contribution in [0, 0.1) is 6.92 Å². The maximum Gasteiger partial charge on any atom is 0.270 e. The van der Waals surface area contributed by atoms with Crippen molar-refractivity contribution in [3.63, 3.8) is 0 Å². The molecule has 7 heteroatoms. The second kappa shape index (κ2) is 6.35. The number of amides is 2. The van der Waals surface area contributed by atoms with Gasteiger partial charge in [-0.1, -0.05) is 15.9 Å². The van der Waals surface area contributed by atoms with E-state index in [4.69, 9.17) is 12.2 Å². The summed E-state index contributed by atoms with van der Waals surface area (Å²) in [6.07, 6.45) is 1.62. The van der Waals surface area contributed by atoms with Gasteiger partial charge in [0.25, 0.3) is 11.8 Å². The Morgan fingerprint density at radius 3 is 2.52 bits per heavy atom. The zero-order valence-corrected chi connectivity index (χ0v) is 15.2. The summed E-state index contributed by atoms with van der Waals surface area (Å²) in [6.45, 7) is 1.94. The van der Waals surface area contributed by atoms with Gasteiger partial charge in [0, 0.05) is 9.35 Å². The van der Waals surface area contributed by atoms with Crippen LogP contribution in [-0.4, -0.2) is 16.9 Å². The molecule has 2 amide bonds. The van der Waals surface area contributed by atoms with Gasteiger partial charge >= 0.3 is 0 Å². The molecule has 1 aliphatic heterocycles. The van der Waals surface area contributed by atoms with E-state index < -0.39 is 11.8 Å². The van der Waals surface area contributed by atoms with Gasteiger partial charge in [-0.3, -0.25) is 19.8 Å². The highest BCUT2D eigenvalue weighted by atomic mass is 79.9. The lowest BCUT2D eigenvalue weighted by Crippen LogP contribution is -2.54. The quantitative estimate of drug-likeness (QED) is 0.470. The SMILES string of the molecule is Cc1ccsc1C=C1C(=O)NC(=S)N(c2ccc(Br)cc2)C1=O. The molecular formula is C16H11BrN2O2S2. The molecule has 1 aromatic heterocycles. The van der Waals surface area contributed by atoms with E-state index in [2.05, 4.69) is 21.2 Å². The normalized spacial score (nSPS) is 16.9. The van der Waals surface area contributed by atoms with Crippen LogP contribution in [0.5, 0.6) is 0 Å². The molecule has 2 heterocycles. The number of carbonyl (C=O) groups excluding carboxylic acids is 2. The number of hydrogen-bond donors (Lipinski definition) is 1. The Bertz CT molecular complexity index is 840. The monoisotopic (exact) mass is 406 g/mol. The molecule has 2 aromatic rings. The molecule has 1 fully saturated rings. The van der Waals surface area contributed by atoms with Gasteiger partial charge in [0.1, 0.15) is 5.57 Å². The van der Waals surface area contributed by atoms with E-state index in [0.717, 1.165) is 14.9 Å². The Hall–Kier alpha value is -1.83. The Labute approximate surface area is 150 Å². The van der Waals surface area contributed by atoms with Crippen LogP contribution >= 0.6 is 39.5 Å². The fraction of sp³-hybridized carbons (Fsp3) is 0.0625. The summed E-state index contributed by atoms with van der Waals surface area (Å²) in [6, 6.07) is 9.10. The smallest absolute Gasteiger partial charge is 0.270 e. The highest BCUT2D eigenvalue weighted by molar-refractivity contribution is 9.10. The molecule has 0 bridgehead atoms. The first kappa shape index (κ1) is 16.0. The standard InChI is InChI=1S/C16H11BrN2O2S2/c1-9-6-7-23-13(9)8-12-14(20)18-16(22)19(15(12)21)11-4-2-10(17)3-5-11/h2-8H,1H3,(H,18,20,22). The van der Waals surface area contributed by atoms with E-state index in [1.54, 1.807) is 18.2 Å². The van der Waals surface area contributed by atoms with Gasteiger partial charge in [-0.2, -0.15) is 0 Å². The first-order chi connectivity index (χ1) is 11.0. The number of halogens is 1. The molecule has 1 N–H and O–H groups in total. The number of rotatable bonds is 2. The summed E-state index contributed by atoms with van der Waals surface area (Å²) in [5.74, 6) is -0.893. The van der Waals surface area contributed by atoms with Gasteiger partial charge in [0.15, 0.2) is 5.11 Å². The lowest BCUT2D eigenvalue weighted by molar-refractivity contribution is -0.122. The molecule has 0 radical (unpaired) electrons. The molecule has 0 saturated carbocycles. The van der Waals surface area contributed by atoms with Crippen molar-refractivity contribution in [2.24, 2.45) is 0 Å². The van der Waals surface area contributed by atoms with Gasteiger partial charge in [-0.05, 0) is 66.5 Å². The van der Waals surface area contributed by atoms with Crippen LogP contribution in [0.15, 0.2) is 45.8 Å². The minimum atomic E-state index is -0.471. The average molecular weight is 407 g/mol. The van der Waals surface area contributed by atoms with Crippen LogP contribution in [0.1, 0.15) is 10.4 Å². The predicted molar refractivity (Wildman–Crippen MR) is 99.4 cm³/mol. The van der Waals surface area contributed by atoms with E-state index in [1.807, 2.05) is 30.5 Å². The largest absolute Gasteiger partial charge is 0.298 e. The first-order valence-electron chi connectivity index (χ1n) is 6.68. The Morgan fingerprint density at radius 1 is 1.22 bits per heavy atom. The van der Waals surface area contributed by atoms with Crippen LogP contribution in [0.3, 0.4) is 0 Å². The van der Waals surface area contributed by atoms with E-state index in [9.17, 15) is 9.59 Å². The van der Waals surface area contributed by atoms with E-state index in [-0.39, 0.29) is 10.7 Å². The van der Waals surface area contributed by atoms with Crippen LogP contribution < -0.4 is 10.2 Å². The zero-order chi connectivity index (χ0) is 16.6. The third-order valence-corrected chi connectivity index (χ3v) is 5.14. The fourth-order valence-corrected chi connectivity index (χ4v) is 3.55. The highest BCUT2D eigenvalue weighted by Crippen LogP contribution is 2.25. The summed E-state index contributed by atoms with van der Waals surface area (Å²) >= 11 is 9.99. The number of benzene rings is 1. The molecule has 23 heavy (non-hydrogen) atoms. The lowest BCUT2D eigenvalue weighted by atomic mass is 10.1. The third-order valence-electron chi connectivity index (χ3n) is 3.36. The molecule has 0 aliphatic carbocycles. The molecular weight excluding hydrogens is 396 g/mol. The van der Waals surface area contributed by atoms with Crippen molar-refractivity contribution in [2.75, 3.05) is 4.90 Å². The minimum absolute atomic E-state index is 0.0760. The van der Waals surface area contributed by atoms with Crippen LogP contribution in [0.4, 0.5) is 5.69 Å². The number of thiophene rings is 1. The van der Waals surface area contributed by atoms with Crippen LogP contribution in [0.25, 0.3) is 6.08 Å². The zero-order valence-electron chi connectivity index (χ0n) is 12.0. The van der Waals surface area contributed by atoms with Crippen LogP contribution in [0.2, 0.25) is 0 Å². The number of nitrogens with zero attached hydrogens (tertiary/aromatic N) is 1. The van der Waals surface area contributed by atoms with E-state index >= 15 is 0 Å². The number of thiocarbonyl (C=S) groups is 1.